The van der Waals surface area contributed by atoms with E-state index in [0.717, 1.165) is 12.8 Å². The summed E-state index contributed by atoms with van der Waals surface area (Å²) in [7, 11) is 0. The molecular weight excluding hydrogens is 218 g/mol. The third-order valence-electron chi connectivity index (χ3n) is 2.87. The Balaban J connectivity index is 4.29. The first kappa shape index (κ1) is 16.4. The van der Waals surface area contributed by atoms with Gasteiger partial charge in [-0.05, 0) is 19.3 Å². The van der Waals surface area contributed by atoms with Crippen molar-refractivity contribution < 1.29 is 14.6 Å². The van der Waals surface area contributed by atoms with E-state index in [1.807, 2.05) is 6.92 Å². The number of hydrogen-bond acceptors (Lipinski definition) is 3. The lowest BCUT2D eigenvalue weighted by atomic mass is 10.0. The molecular formula is C13H27NO3. The SMILES string of the molecule is CCCCC(NC(COCC)C(C)C)C(=O)O. The van der Waals surface area contributed by atoms with Crippen LogP contribution in [-0.2, 0) is 9.53 Å². The highest BCUT2D eigenvalue weighted by Gasteiger charge is 2.22. The van der Waals surface area contributed by atoms with Crippen LogP contribution >= 0.6 is 0 Å². The standard InChI is InChI=1S/C13H27NO3/c1-5-7-8-11(13(15)16)14-12(10(3)4)9-17-6-2/h10-12,14H,5-9H2,1-4H3,(H,15,16). The summed E-state index contributed by atoms with van der Waals surface area (Å²) in [4.78, 5) is 11.1. The highest BCUT2D eigenvalue weighted by Crippen LogP contribution is 2.08. The Labute approximate surface area is 105 Å². The second kappa shape index (κ2) is 9.42. The normalized spacial score (nSPS) is 14.9. The molecule has 0 bridgehead atoms. The van der Waals surface area contributed by atoms with Crippen LogP contribution in [0.1, 0.15) is 47.0 Å². The first-order valence-electron chi connectivity index (χ1n) is 6.59. The first-order chi connectivity index (χ1) is 8.02. The second-order valence-electron chi connectivity index (χ2n) is 4.71. The van der Waals surface area contributed by atoms with Crippen molar-refractivity contribution in [3.8, 4) is 0 Å². The van der Waals surface area contributed by atoms with Crippen molar-refractivity contribution in [3.63, 3.8) is 0 Å². The van der Waals surface area contributed by atoms with E-state index in [9.17, 15) is 4.79 Å². The van der Waals surface area contributed by atoms with Crippen molar-refractivity contribution in [2.75, 3.05) is 13.2 Å². The van der Waals surface area contributed by atoms with Crippen LogP contribution in [0, 0.1) is 5.92 Å². The molecule has 4 nitrogen and oxygen atoms in total. The molecule has 0 heterocycles. The average molecular weight is 245 g/mol. The molecule has 2 unspecified atom stereocenters. The lowest BCUT2D eigenvalue weighted by Crippen LogP contribution is -2.47. The molecule has 0 aliphatic rings. The summed E-state index contributed by atoms with van der Waals surface area (Å²) in [5, 5.41) is 12.4. The average Bonchev–Trinajstić information content (AvgIpc) is 2.27. The van der Waals surface area contributed by atoms with Crippen LogP contribution in [0.3, 0.4) is 0 Å². The maximum Gasteiger partial charge on any atom is 0.320 e. The van der Waals surface area contributed by atoms with Crippen LogP contribution in [-0.4, -0.2) is 36.4 Å². The summed E-state index contributed by atoms with van der Waals surface area (Å²) in [6.45, 7) is 9.41. The van der Waals surface area contributed by atoms with Crippen LogP contribution in [0.5, 0.6) is 0 Å². The van der Waals surface area contributed by atoms with Crippen molar-refractivity contribution in [2.45, 2.75) is 59.0 Å². The molecule has 0 amide bonds. The molecule has 0 radical (unpaired) electrons. The van der Waals surface area contributed by atoms with Gasteiger partial charge in [0.1, 0.15) is 6.04 Å². The van der Waals surface area contributed by atoms with Crippen LogP contribution < -0.4 is 5.32 Å². The van der Waals surface area contributed by atoms with Crippen molar-refractivity contribution >= 4 is 5.97 Å². The number of aliphatic carboxylic acids is 1. The Morgan fingerprint density at radius 2 is 2.00 bits per heavy atom. The third-order valence-corrected chi connectivity index (χ3v) is 2.87. The molecule has 0 rings (SSSR count). The number of carboxylic acid groups (broad SMARTS) is 1. The highest BCUT2D eigenvalue weighted by atomic mass is 16.5. The largest absolute Gasteiger partial charge is 0.480 e. The van der Waals surface area contributed by atoms with Crippen LogP contribution in [0.2, 0.25) is 0 Å². The van der Waals surface area contributed by atoms with Gasteiger partial charge in [0.05, 0.1) is 6.61 Å². The zero-order valence-electron chi connectivity index (χ0n) is 11.5. The molecule has 0 saturated heterocycles. The lowest BCUT2D eigenvalue weighted by molar-refractivity contribution is -0.140. The van der Waals surface area contributed by atoms with E-state index in [4.69, 9.17) is 9.84 Å². The molecule has 0 aromatic rings. The fourth-order valence-electron chi connectivity index (χ4n) is 1.62. The quantitative estimate of drug-likeness (QED) is 0.620. The van der Waals surface area contributed by atoms with Gasteiger partial charge in [0, 0.05) is 12.6 Å². The summed E-state index contributed by atoms with van der Waals surface area (Å²) in [6, 6.07) is -0.351. The predicted octanol–water partition coefficient (Wildman–Crippen LogP) is 2.28. The van der Waals surface area contributed by atoms with E-state index in [-0.39, 0.29) is 6.04 Å². The van der Waals surface area contributed by atoms with Crippen LogP contribution in [0.25, 0.3) is 0 Å². The van der Waals surface area contributed by atoms with Gasteiger partial charge >= 0.3 is 5.97 Å². The summed E-state index contributed by atoms with van der Waals surface area (Å²) in [6.07, 6.45) is 2.63. The van der Waals surface area contributed by atoms with Gasteiger partial charge in [0.2, 0.25) is 0 Å². The molecule has 0 saturated carbocycles. The van der Waals surface area contributed by atoms with E-state index in [1.54, 1.807) is 0 Å². The van der Waals surface area contributed by atoms with Gasteiger partial charge in [-0.1, -0.05) is 33.6 Å². The number of unbranched alkanes of at least 4 members (excludes halogenated alkanes) is 1. The Kier molecular flexibility index (Phi) is 9.09. The van der Waals surface area contributed by atoms with Gasteiger partial charge in [-0.25, -0.2) is 0 Å². The number of nitrogens with one attached hydrogen (secondary N) is 1. The van der Waals surface area contributed by atoms with E-state index >= 15 is 0 Å². The van der Waals surface area contributed by atoms with Gasteiger partial charge in [-0.15, -0.1) is 0 Å². The van der Waals surface area contributed by atoms with E-state index in [2.05, 4.69) is 26.1 Å². The molecule has 2 atom stereocenters. The minimum atomic E-state index is -0.763. The number of carboxylic acids is 1. The molecule has 2 N–H and O–H groups in total. The minimum Gasteiger partial charge on any atom is -0.480 e. The second-order valence-corrected chi connectivity index (χ2v) is 4.71. The lowest BCUT2D eigenvalue weighted by Gasteiger charge is -2.26. The van der Waals surface area contributed by atoms with Crippen molar-refractivity contribution in [3.05, 3.63) is 0 Å². The minimum absolute atomic E-state index is 0.105. The Hall–Kier alpha value is -0.610. The van der Waals surface area contributed by atoms with Crippen LogP contribution in [0.4, 0.5) is 0 Å². The summed E-state index contributed by atoms with van der Waals surface area (Å²) >= 11 is 0. The van der Waals surface area contributed by atoms with Gasteiger partial charge in [-0.2, -0.15) is 0 Å². The van der Waals surface area contributed by atoms with E-state index in [0.29, 0.717) is 25.6 Å². The predicted molar refractivity (Wildman–Crippen MR) is 69.2 cm³/mol. The Bertz CT molecular complexity index is 207. The maximum atomic E-state index is 11.1. The van der Waals surface area contributed by atoms with Gasteiger partial charge in [-0.3, -0.25) is 10.1 Å². The maximum absolute atomic E-state index is 11.1. The molecule has 0 fully saturated rings. The zero-order valence-corrected chi connectivity index (χ0v) is 11.5. The van der Waals surface area contributed by atoms with E-state index < -0.39 is 12.0 Å². The highest BCUT2D eigenvalue weighted by molar-refractivity contribution is 5.73. The molecule has 17 heavy (non-hydrogen) atoms. The first-order valence-corrected chi connectivity index (χ1v) is 6.59. The molecule has 0 aliphatic carbocycles. The number of rotatable bonds is 10. The molecule has 0 aromatic carbocycles. The molecule has 0 spiro atoms. The monoisotopic (exact) mass is 245 g/mol. The fourth-order valence-corrected chi connectivity index (χ4v) is 1.62. The summed E-state index contributed by atoms with van der Waals surface area (Å²) in [5.41, 5.74) is 0. The molecule has 102 valence electrons. The third kappa shape index (κ3) is 7.34. The topological polar surface area (TPSA) is 58.6 Å². The fraction of sp³-hybridized carbons (Fsp3) is 0.923. The Morgan fingerprint density at radius 1 is 1.35 bits per heavy atom. The molecule has 0 aliphatic heterocycles. The van der Waals surface area contributed by atoms with Crippen molar-refractivity contribution in [1.29, 1.82) is 0 Å². The van der Waals surface area contributed by atoms with Gasteiger partial charge in [0.15, 0.2) is 0 Å². The number of hydrogen-bond donors (Lipinski definition) is 2. The Morgan fingerprint density at radius 3 is 2.41 bits per heavy atom. The van der Waals surface area contributed by atoms with Crippen molar-refractivity contribution in [2.24, 2.45) is 5.92 Å². The van der Waals surface area contributed by atoms with Crippen LogP contribution in [0.15, 0.2) is 0 Å². The van der Waals surface area contributed by atoms with Crippen molar-refractivity contribution in [1.82, 2.24) is 5.32 Å². The molecule has 4 heteroatoms. The van der Waals surface area contributed by atoms with Gasteiger partial charge in [0.25, 0.3) is 0 Å². The number of ether oxygens (including phenoxy) is 1. The number of carbonyl (C=O) groups is 1. The smallest absolute Gasteiger partial charge is 0.320 e. The summed E-state index contributed by atoms with van der Waals surface area (Å²) in [5.74, 6) is -0.398. The molecule has 0 aromatic heterocycles. The van der Waals surface area contributed by atoms with Gasteiger partial charge < -0.3 is 9.84 Å². The summed E-state index contributed by atoms with van der Waals surface area (Å²) < 4.78 is 5.39. The van der Waals surface area contributed by atoms with E-state index in [1.165, 1.54) is 0 Å². The zero-order chi connectivity index (χ0) is 13.3.